The number of benzene rings is 4. The molecule has 8 heteroatoms. The second kappa shape index (κ2) is 13.3. The molecule has 0 unspecified atom stereocenters. The van der Waals surface area contributed by atoms with Crippen LogP contribution in [0.15, 0.2) is 103 Å². The van der Waals surface area contributed by atoms with Gasteiger partial charge in [0.1, 0.15) is 0 Å². The van der Waals surface area contributed by atoms with E-state index in [1.54, 1.807) is 30.3 Å². The van der Waals surface area contributed by atoms with Gasteiger partial charge in [-0.15, -0.1) is 0 Å². The number of fused-ring (bicyclic) bond motifs is 1. The van der Waals surface area contributed by atoms with Gasteiger partial charge < -0.3 is 14.6 Å². The minimum absolute atomic E-state index is 0.0173. The highest BCUT2D eigenvalue weighted by Crippen LogP contribution is 2.43. The number of hydrogen-bond donors (Lipinski definition) is 1. The van der Waals surface area contributed by atoms with Gasteiger partial charge in [-0.1, -0.05) is 85.8 Å². The van der Waals surface area contributed by atoms with E-state index in [1.165, 1.54) is 10.5 Å². The van der Waals surface area contributed by atoms with E-state index in [0.717, 1.165) is 56.0 Å². The summed E-state index contributed by atoms with van der Waals surface area (Å²) in [5, 5.41) is 9.61. The molecule has 3 aliphatic rings. The van der Waals surface area contributed by atoms with Gasteiger partial charge in [-0.3, -0.25) is 19.4 Å². The van der Waals surface area contributed by atoms with Crippen molar-refractivity contribution >= 4 is 17.5 Å². The van der Waals surface area contributed by atoms with Gasteiger partial charge in [0.05, 0.1) is 35.6 Å². The van der Waals surface area contributed by atoms with Crippen LogP contribution in [-0.4, -0.2) is 65.5 Å². The summed E-state index contributed by atoms with van der Waals surface area (Å²) < 4.78 is 13.4. The van der Waals surface area contributed by atoms with Crippen LogP contribution < -0.4 is 4.90 Å². The predicted molar refractivity (Wildman–Crippen MR) is 175 cm³/mol. The molecule has 4 aromatic carbocycles. The summed E-state index contributed by atoms with van der Waals surface area (Å²) in [5.74, 6) is -0.607. The van der Waals surface area contributed by atoms with E-state index < -0.39 is 6.29 Å². The van der Waals surface area contributed by atoms with Crippen LogP contribution >= 0.6 is 0 Å². The molecule has 7 rings (SSSR count). The smallest absolute Gasteiger partial charge is 0.266 e. The molecule has 4 aromatic rings. The highest BCUT2D eigenvalue weighted by Gasteiger charge is 2.41. The van der Waals surface area contributed by atoms with E-state index in [1.807, 2.05) is 42.5 Å². The Hall–Kier alpha value is -4.18. The van der Waals surface area contributed by atoms with Gasteiger partial charge in [-0.2, -0.15) is 0 Å². The van der Waals surface area contributed by atoms with Gasteiger partial charge in [-0.25, -0.2) is 4.90 Å². The molecular formula is C38H39N3O5. The van der Waals surface area contributed by atoms with Crippen molar-refractivity contribution in [3.05, 3.63) is 137 Å². The summed E-state index contributed by atoms with van der Waals surface area (Å²) >= 11 is 0. The number of amides is 2. The van der Waals surface area contributed by atoms with Gasteiger partial charge in [-0.05, 0) is 41.0 Å². The number of carbonyl (C=O) groups is 2. The van der Waals surface area contributed by atoms with Gasteiger partial charge in [0.15, 0.2) is 6.29 Å². The number of imide groups is 1. The fourth-order valence-electron chi connectivity index (χ4n) is 6.79. The van der Waals surface area contributed by atoms with Crippen LogP contribution in [0.25, 0.3) is 0 Å². The number of rotatable bonds is 8. The van der Waals surface area contributed by atoms with E-state index >= 15 is 0 Å². The lowest BCUT2D eigenvalue weighted by atomic mass is 9.90. The lowest BCUT2D eigenvalue weighted by molar-refractivity contribution is -0.276. The molecule has 3 heterocycles. The van der Waals surface area contributed by atoms with Crippen molar-refractivity contribution in [1.82, 2.24) is 9.80 Å². The number of carbonyl (C=O) groups excluding carboxylic acids is 2. The summed E-state index contributed by atoms with van der Waals surface area (Å²) in [7, 11) is 0. The number of aliphatic hydroxyl groups excluding tert-OH is 1. The molecule has 1 N–H and O–H groups in total. The van der Waals surface area contributed by atoms with Crippen LogP contribution in [-0.2, 0) is 22.6 Å². The Bertz CT molecular complexity index is 1650. The summed E-state index contributed by atoms with van der Waals surface area (Å²) in [6, 6.07) is 32.8. The Morgan fingerprint density at radius 2 is 1.35 bits per heavy atom. The average Bonchev–Trinajstić information content (AvgIpc) is 3.36. The van der Waals surface area contributed by atoms with Gasteiger partial charge in [0, 0.05) is 50.7 Å². The van der Waals surface area contributed by atoms with Gasteiger partial charge in [0.2, 0.25) is 0 Å². The topological polar surface area (TPSA) is 82.6 Å². The van der Waals surface area contributed by atoms with Crippen LogP contribution in [0.4, 0.5) is 5.69 Å². The van der Waals surface area contributed by atoms with Crippen molar-refractivity contribution in [1.29, 1.82) is 0 Å². The van der Waals surface area contributed by atoms with Crippen LogP contribution in [0.5, 0.6) is 0 Å². The Morgan fingerprint density at radius 3 is 2.02 bits per heavy atom. The molecule has 2 saturated heterocycles. The number of aliphatic hydroxyl groups is 1. The fourth-order valence-corrected chi connectivity index (χ4v) is 6.79. The third kappa shape index (κ3) is 6.15. The minimum atomic E-state index is -0.696. The van der Waals surface area contributed by atoms with Crippen LogP contribution in [0.1, 0.15) is 62.3 Å². The first-order valence-corrected chi connectivity index (χ1v) is 16.1. The van der Waals surface area contributed by atoms with Crippen molar-refractivity contribution in [3.63, 3.8) is 0 Å². The number of ether oxygens (including phenoxy) is 2. The second-order valence-electron chi connectivity index (χ2n) is 12.5. The molecule has 8 nitrogen and oxygen atoms in total. The third-order valence-electron chi connectivity index (χ3n) is 9.47. The maximum atomic E-state index is 13.2. The normalized spacial score (nSPS) is 23.9. The van der Waals surface area contributed by atoms with Crippen molar-refractivity contribution in [3.8, 4) is 0 Å². The lowest BCUT2D eigenvalue weighted by Gasteiger charge is -2.44. The van der Waals surface area contributed by atoms with E-state index in [4.69, 9.17) is 9.47 Å². The number of anilines is 1. The summed E-state index contributed by atoms with van der Waals surface area (Å²) in [4.78, 5) is 32.7. The van der Waals surface area contributed by atoms with Crippen LogP contribution in [0.2, 0.25) is 0 Å². The Morgan fingerprint density at radius 1 is 0.696 bits per heavy atom. The number of nitrogens with zero attached hydrogens (tertiary/aromatic N) is 3. The SMILES string of the molecule is C[C@H]1[C@@H](CN2CCN(Cc3ccccc3)CC2)O[C@@H](c2cccc(N3C(=O)c4ccccc4C3=O)c2)O[C@H]1c1ccc(CO)cc1. The monoisotopic (exact) mass is 617 g/mol. The Kier molecular flexibility index (Phi) is 8.80. The molecule has 0 bridgehead atoms. The standard InChI is InChI=1S/C38H39N3O5/c1-26-34(24-40-20-18-39(19-21-40)23-27-8-3-2-4-9-27)45-38(46-35(26)29-16-14-28(25-42)15-17-29)30-10-7-11-31(22-30)41-36(43)32-12-5-6-13-33(32)37(41)44/h2-17,22,26,34-35,38,42H,18-21,23-25H2,1H3/t26-,34+,35+,38+/m0/s1. The van der Waals surface area contributed by atoms with Crippen LogP contribution in [0.3, 0.4) is 0 Å². The van der Waals surface area contributed by atoms with E-state index in [2.05, 4.69) is 47.1 Å². The molecule has 236 valence electrons. The number of piperazine rings is 1. The molecule has 0 aliphatic carbocycles. The molecular weight excluding hydrogens is 578 g/mol. The first kappa shape index (κ1) is 30.5. The Balaban J connectivity index is 1.11. The van der Waals surface area contributed by atoms with Crippen molar-refractivity contribution in [2.24, 2.45) is 5.92 Å². The fraction of sp³-hybridized carbons (Fsp3) is 0.316. The lowest BCUT2D eigenvalue weighted by Crippen LogP contribution is -2.51. The summed E-state index contributed by atoms with van der Waals surface area (Å²) in [6.07, 6.45) is -1.07. The molecule has 4 atom stereocenters. The zero-order valence-corrected chi connectivity index (χ0v) is 26.0. The summed E-state index contributed by atoms with van der Waals surface area (Å²) in [6.45, 7) is 7.77. The van der Waals surface area contributed by atoms with Crippen molar-refractivity contribution in [2.75, 3.05) is 37.6 Å². The maximum absolute atomic E-state index is 13.2. The van der Waals surface area contributed by atoms with E-state index in [9.17, 15) is 14.7 Å². The molecule has 0 radical (unpaired) electrons. The quantitative estimate of drug-likeness (QED) is 0.258. The first-order chi connectivity index (χ1) is 22.5. The molecule has 2 amide bonds. The van der Waals surface area contributed by atoms with Gasteiger partial charge in [0.25, 0.3) is 11.8 Å². The molecule has 0 aromatic heterocycles. The molecule has 3 aliphatic heterocycles. The van der Waals surface area contributed by atoms with Crippen molar-refractivity contribution in [2.45, 2.75) is 38.6 Å². The highest BCUT2D eigenvalue weighted by atomic mass is 16.7. The highest BCUT2D eigenvalue weighted by molar-refractivity contribution is 6.34. The average molecular weight is 618 g/mol. The molecule has 2 fully saturated rings. The summed E-state index contributed by atoms with van der Waals surface area (Å²) in [5.41, 5.74) is 5.25. The second-order valence-corrected chi connectivity index (χ2v) is 12.5. The largest absolute Gasteiger partial charge is 0.392 e. The maximum Gasteiger partial charge on any atom is 0.266 e. The number of hydrogen-bond acceptors (Lipinski definition) is 7. The third-order valence-corrected chi connectivity index (χ3v) is 9.47. The predicted octanol–water partition coefficient (Wildman–Crippen LogP) is 5.59. The van der Waals surface area contributed by atoms with Crippen LogP contribution in [0, 0.1) is 5.92 Å². The molecule has 0 saturated carbocycles. The van der Waals surface area contributed by atoms with E-state index in [0.29, 0.717) is 16.8 Å². The Labute approximate surface area is 269 Å². The zero-order valence-electron chi connectivity index (χ0n) is 26.0. The van der Waals surface area contributed by atoms with E-state index in [-0.39, 0.29) is 36.5 Å². The van der Waals surface area contributed by atoms with Crippen molar-refractivity contribution < 1.29 is 24.2 Å². The molecule has 46 heavy (non-hydrogen) atoms. The minimum Gasteiger partial charge on any atom is -0.392 e. The molecule has 0 spiro atoms. The zero-order chi connectivity index (χ0) is 31.6. The van der Waals surface area contributed by atoms with Gasteiger partial charge >= 0.3 is 0 Å². The first-order valence-electron chi connectivity index (χ1n) is 16.1.